The fraction of sp³-hybridized carbons (Fsp3) is 0.667. The number of nitrogens with one attached hydrogen (secondary N) is 2. The lowest BCUT2D eigenvalue weighted by Crippen LogP contribution is -2.59. The van der Waals surface area contributed by atoms with Crippen LogP contribution >= 0.6 is 0 Å². The van der Waals surface area contributed by atoms with E-state index in [-0.39, 0.29) is 5.41 Å². The molecule has 1 aliphatic heterocycles. The number of anilines is 2. The van der Waals surface area contributed by atoms with Crippen molar-refractivity contribution in [1.82, 2.24) is 4.72 Å². The van der Waals surface area contributed by atoms with E-state index >= 15 is 0 Å². The number of sulfonamides is 1. The second-order valence-electron chi connectivity index (χ2n) is 9.52. The number of carboxylic acid groups (broad SMARTS) is 1. The van der Waals surface area contributed by atoms with Gasteiger partial charge in [-0.1, -0.05) is 12.1 Å². The lowest BCUT2D eigenvalue weighted by Gasteiger charge is -2.59. The van der Waals surface area contributed by atoms with Crippen molar-refractivity contribution < 1.29 is 18.3 Å². The van der Waals surface area contributed by atoms with Gasteiger partial charge in [0.15, 0.2) is 0 Å². The number of rotatable bonds is 3. The lowest BCUT2D eigenvalue weighted by molar-refractivity contribution is -0.0629. The monoisotopic (exact) mass is 436 g/mol. The Morgan fingerprint density at radius 3 is 2.57 bits per heavy atom. The Bertz CT molecular complexity index is 890. The Labute approximate surface area is 178 Å². The molecule has 30 heavy (non-hydrogen) atoms. The van der Waals surface area contributed by atoms with Crippen LogP contribution in [0, 0.1) is 23.2 Å². The Morgan fingerprint density at radius 1 is 1.27 bits per heavy atom. The molecule has 0 spiro atoms. The summed E-state index contributed by atoms with van der Waals surface area (Å²) in [6.45, 7) is 1.80. The topological polar surface area (TPSA) is 125 Å². The van der Waals surface area contributed by atoms with Crippen molar-refractivity contribution in [2.45, 2.75) is 38.1 Å². The first kappa shape index (κ1) is 21.4. The standard InChI is InChI=1S/C12H22N2O2S.C9H10N2O2/c1-17(15,16)14-7-12-4-8-2-9(5-12)11(13)10(3-8)6-12;12-9(13)11-6-5-10-7-3-1-2-4-8(7)11/h8-11,14H,2-7,13H2,1H3;1-4,10H,5-6H2,(H,12,13). The van der Waals surface area contributed by atoms with Gasteiger partial charge in [0.05, 0.1) is 17.6 Å². The maximum absolute atomic E-state index is 11.3. The van der Waals surface area contributed by atoms with Gasteiger partial charge in [-0.15, -0.1) is 0 Å². The van der Waals surface area contributed by atoms with E-state index in [0.29, 0.717) is 37.5 Å². The van der Waals surface area contributed by atoms with Crippen LogP contribution < -0.4 is 20.7 Å². The van der Waals surface area contributed by atoms with Gasteiger partial charge >= 0.3 is 6.09 Å². The van der Waals surface area contributed by atoms with Crippen molar-refractivity contribution in [2.75, 3.05) is 36.1 Å². The summed E-state index contributed by atoms with van der Waals surface area (Å²) in [6.07, 6.45) is 6.37. The van der Waals surface area contributed by atoms with Gasteiger partial charge in [0.25, 0.3) is 0 Å². The van der Waals surface area contributed by atoms with Crippen LogP contribution in [0.2, 0.25) is 0 Å². The number of hydrogen-bond donors (Lipinski definition) is 4. The quantitative estimate of drug-likeness (QED) is 0.576. The van der Waals surface area contributed by atoms with Crippen LogP contribution in [0.3, 0.4) is 0 Å². The molecule has 1 aromatic carbocycles. The molecule has 5 N–H and O–H groups in total. The number of amides is 1. The molecule has 4 aliphatic carbocycles. The molecule has 4 bridgehead atoms. The molecule has 6 rings (SSSR count). The van der Waals surface area contributed by atoms with Crippen molar-refractivity contribution in [3.8, 4) is 0 Å². The maximum atomic E-state index is 11.3. The van der Waals surface area contributed by atoms with Crippen molar-refractivity contribution >= 4 is 27.5 Å². The third-order valence-corrected chi connectivity index (χ3v) is 7.93. The summed E-state index contributed by atoms with van der Waals surface area (Å²) < 4.78 is 25.2. The second-order valence-corrected chi connectivity index (χ2v) is 11.4. The first-order valence-electron chi connectivity index (χ1n) is 10.7. The van der Waals surface area contributed by atoms with Crippen LogP contribution in [0.25, 0.3) is 0 Å². The maximum Gasteiger partial charge on any atom is 0.411 e. The van der Waals surface area contributed by atoms with E-state index in [1.54, 1.807) is 6.07 Å². The molecule has 0 radical (unpaired) electrons. The fourth-order valence-corrected chi connectivity index (χ4v) is 6.78. The highest BCUT2D eigenvalue weighted by Crippen LogP contribution is 2.59. The van der Waals surface area contributed by atoms with Crippen molar-refractivity contribution in [1.29, 1.82) is 0 Å². The third kappa shape index (κ3) is 4.43. The number of fused-ring (bicyclic) bond motifs is 1. The fourth-order valence-electron chi connectivity index (χ4n) is 6.21. The van der Waals surface area contributed by atoms with E-state index in [4.69, 9.17) is 10.8 Å². The van der Waals surface area contributed by atoms with Gasteiger partial charge in [0, 0.05) is 25.7 Å². The van der Waals surface area contributed by atoms with E-state index in [2.05, 4.69) is 10.0 Å². The molecular formula is C21H32N4O4S. The van der Waals surface area contributed by atoms with E-state index in [1.165, 1.54) is 30.4 Å². The number of para-hydroxylation sites is 2. The van der Waals surface area contributed by atoms with Gasteiger partial charge in [0.2, 0.25) is 10.0 Å². The smallest absolute Gasteiger partial charge is 0.411 e. The molecule has 8 nitrogen and oxygen atoms in total. The minimum Gasteiger partial charge on any atom is -0.465 e. The molecule has 1 amide bonds. The molecule has 4 saturated carbocycles. The Morgan fingerprint density at radius 2 is 1.93 bits per heavy atom. The minimum absolute atomic E-state index is 0.218. The first-order chi connectivity index (χ1) is 14.2. The largest absolute Gasteiger partial charge is 0.465 e. The minimum atomic E-state index is -3.06. The summed E-state index contributed by atoms with van der Waals surface area (Å²) in [7, 11) is -3.06. The van der Waals surface area contributed by atoms with Gasteiger partial charge in [-0.2, -0.15) is 0 Å². The molecule has 0 aromatic heterocycles. The van der Waals surface area contributed by atoms with Crippen LogP contribution in [0.15, 0.2) is 24.3 Å². The Balaban J connectivity index is 0.000000151. The zero-order valence-corrected chi connectivity index (χ0v) is 18.2. The highest BCUT2D eigenvalue weighted by Gasteiger charge is 2.54. The normalized spacial score (nSPS) is 33.9. The molecule has 9 heteroatoms. The molecule has 2 unspecified atom stereocenters. The summed E-state index contributed by atoms with van der Waals surface area (Å²) >= 11 is 0. The zero-order valence-electron chi connectivity index (χ0n) is 17.4. The highest BCUT2D eigenvalue weighted by atomic mass is 32.2. The number of benzene rings is 1. The van der Waals surface area contributed by atoms with E-state index in [0.717, 1.165) is 30.1 Å². The van der Waals surface area contributed by atoms with Crippen molar-refractivity contribution in [3.05, 3.63) is 24.3 Å². The second kappa shape index (κ2) is 8.01. The van der Waals surface area contributed by atoms with Crippen LogP contribution in [0.4, 0.5) is 16.2 Å². The van der Waals surface area contributed by atoms with Gasteiger partial charge in [-0.25, -0.2) is 17.9 Å². The van der Waals surface area contributed by atoms with Gasteiger partial charge in [-0.3, -0.25) is 4.90 Å². The Kier molecular flexibility index (Phi) is 5.71. The van der Waals surface area contributed by atoms with Crippen LogP contribution in [0.5, 0.6) is 0 Å². The zero-order chi connectivity index (χ0) is 21.5. The summed E-state index contributed by atoms with van der Waals surface area (Å²) in [6, 6.07) is 7.77. The third-order valence-electron chi connectivity index (χ3n) is 7.26. The van der Waals surface area contributed by atoms with Crippen LogP contribution in [-0.4, -0.2) is 51.5 Å². The molecule has 1 aromatic rings. The van der Waals surface area contributed by atoms with Gasteiger partial charge < -0.3 is 16.2 Å². The number of nitrogens with two attached hydrogens (primary N) is 1. The van der Waals surface area contributed by atoms with E-state index in [1.807, 2.05) is 18.2 Å². The SMILES string of the molecule is CS(=O)(=O)NCC12CC3CC(C1)C(N)C(C3)C2.O=C(O)N1CCNc2ccccc21. The summed E-state index contributed by atoms with van der Waals surface area (Å²) in [4.78, 5) is 12.2. The van der Waals surface area contributed by atoms with Crippen molar-refractivity contribution in [2.24, 2.45) is 28.9 Å². The number of nitrogens with zero attached hydrogens (tertiary/aromatic N) is 1. The molecule has 5 aliphatic rings. The molecular weight excluding hydrogens is 404 g/mol. The molecule has 4 fully saturated rings. The van der Waals surface area contributed by atoms with Gasteiger partial charge in [0.1, 0.15) is 0 Å². The summed E-state index contributed by atoms with van der Waals surface area (Å²) in [5.41, 5.74) is 8.11. The van der Waals surface area contributed by atoms with Crippen LogP contribution in [-0.2, 0) is 10.0 Å². The van der Waals surface area contributed by atoms with Gasteiger partial charge in [-0.05, 0) is 67.4 Å². The summed E-state index contributed by atoms with van der Waals surface area (Å²) in [5, 5.41) is 12.0. The first-order valence-corrected chi connectivity index (χ1v) is 12.6. The summed E-state index contributed by atoms with van der Waals surface area (Å²) in [5.74, 6) is 2.08. The van der Waals surface area contributed by atoms with E-state index in [9.17, 15) is 13.2 Å². The average Bonchev–Trinajstić information content (AvgIpc) is 2.69. The Hall–Kier alpha value is -1.84. The predicted octanol–water partition coefficient (Wildman–Crippen LogP) is 2.29. The van der Waals surface area contributed by atoms with E-state index < -0.39 is 16.1 Å². The number of hydrogen-bond acceptors (Lipinski definition) is 5. The van der Waals surface area contributed by atoms with Crippen LogP contribution in [0.1, 0.15) is 32.1 Å². The molecule has 0 saturated heterocycles. The lowest BCUT2D eigenvalue weighted by atomic mass is 9.48. The number of carbonyl (C=O) groups is 1. The molecule has 2 atom stereocenters. The average molecular weight is 437 g/mol. The predicted molar refractivity (Wildman–Crippen MR) is 117 cm³/mol. The molecule has 1 heterocycles. The molecule has 166 valence electrons. The highest BCUT2D eigenvalue weighted by molar-refractivity contribution is 7.88. The van der Waals surface area contributed by atoms with Crippen molar-refractivity contribution in [3.63, 3.8) is 0 Å².